The van der Waals surface area contributed by atoms with E-state index in [0.29, 0.717) is 21.2 Å². The Bertz CT molecular complexity index is 952. The molecule has 0 bridgehead atoms. The van der Waals surface area contributed by atoms with Crippen LogP contribution < -0.4 is 11.5 Å². The van der Waals surface area contributed by atoms with Crippen LogP contribution in [0.1, 0.15) is 25.0 Å². The first-order chi connectivity index (χ1) is 14.0. The van der Waals surface area contributed by atoms with Crippen molar-refractivity contribution in [2.24, 2.45) is 21.5 Å². The molecule has 0 radical (unpaired) electrons. The highest BCUT2D eigenvalue weighted by Gasteiger charge is 2.36. The molecule has 0 saturated carbocycles. The van der Waals surface area contributed by atoms with Gasteiger partial charge in [0.25, 0.3) is 12.0 Å². The molecule has 10 heteroatoms. The predicted molar refractivity (Wildman–Crippen MR) is 113 cm³/mol. The van der Waals surface area contributed by atoms with E-state index in [0.717, 1.165) is 0 Å². The zero-order chi connectivity index (χ0) is 22.1. The SMILES string of the molecule is CC1(c2cc(Cl)ccc2F)COC(N)=N1.CC1(c2cc(Cl)ccc2F)COC(N)=N1. The van der Waals surface area contributed by atoms with E-state index in [1.807, 2.05) is 0 Å². The summed E-state index contributed by atoms with van der Waals surface area (Å²) in [6.07, 6.45) is 0. The van der Waals surface area contributed by atoms with Gasteiger partial charge in [0, 0.05) is 21.2 Å². The molecule has 4 rings (SSSR count). The highest BCUT2D eigenvalue weighted by molar-refractivity contribution is 6.30. The Balaban J connectivity index is 0.000000171. The molecule has 0 spiro atoms. The van der Waals surface area contributed by atoms with Crippen LogP contribution in [-0.2, 0) is 20.6 Å². The minimum Gasteiger partial charge on any atom is -0.462 e. The summed E-state index contributed by atoms with van der Waals surface area (Å²) < 4.78 is 37.2. The normalized spacial score (nSPS) is 24.9. The molecule has 0 amide bonds. The quantitative estimate of drug-likeness (QED) is 0.711. The number of benzene rings is 2. The maximum Gasteiger partial charge on any atom is 0.283 e. The van der Waals surface area contributed by atoms with E-state index < -0.39 is 11.1 Å². The van der Waals surface area contributed by atoms with Gasteiger partial charge in [0.05, 0.1) is 0 Å². The standard InChI is InChI=1S/2C10H10ClFN2O/c2*1-10(5-15-9(13)14-10)7-4-6(11)2-3-8(7)12/h2*2-4H,5H2,1H3,(H2,13,14). The van der Waals surface area contributed by atoms with Gasteiger partial charge >= 0.3 is 0 Å². The molecule has 2 aromatic carbocycles. The number of ether oxygens (including phenoxy) is 2. The van der Waals surface area contributed by atoms with Gasteiger partial charge in [-0.05, 0) is 50.2 Å². The Labute approximate surface area is 182 Å². The Morgan fingerprint density at radius 1 is 0.800 bits per heavy atom. The first kappa shape index (κ1) is 22.1. The van der Waals surface area contributed by atoms with Gasteiger partial charge in [-0.25, -0.2) is 18.8 Å². The molecule has 0 fully saturated rings. The van der Waals surface area contributed by atoms with Crippen molar-refractivity contribution in [2.45, 2.75) is 24.9 Å². The second kappa shape index (κ2) is 8.28. The molecule has 0 aliphatic carbocycles. The molecule has 30 heavy (non-hydrogen) atoms. The fraction of sp³-hybridized carbons (Fsp3) is 0.300. The highest BCUT2D eigenvalue weighted by atomic mass is 35.5. The van der Waals surface area contributed by atoms with Gasteiger partial charge in [-0.2, -0.15) is 0 Å². The maximum absolute atomic E-state index is 13.6. The van der Waals surface area contributed by atoms with Crippen molar-refractivity contribution in [2.75, 3.05) is 13.2 Å². The number of aliphatic imine (C=N–C) groups is 2. The molecule has 2 aromatic rings. The van der Waals surface area contributed by atoms with Crippen molar-refractivity contribution in [1.82, 2.24) is 0 Å². The van der Waals surface area contributed by atoms with Crippen LogP contribution in [0.25, 0.3) is 0 Å². The third-order valence-electron chi connectivity index (χ3n) is 4.73. The van der Waals surface area contributed by atoms with Gasteiger partial charge in [0.2, 0.25) is 0 Å². The molecular weight excluding hydrogens is 437 g/mol. The molecule has 2 atom stereocenters. The molecular formula is C20H20Cl2F2N4O2. The third-order valence-corrected chi connectivity index (χ3v) is 5.20. The topological polar surface area (TPSA) is 95.2 Å². The van der Waals surface area contributed by atoms with Crippen LogP contribution in [0.15, 0.2) is 46.4 Å². The van der Waals surface area contributed by atoms with Crippen LogP contribution in [0.2, 0.25) is 10.0 Å². The molecule has 2 aliphatic rings. The molecule has 2 heterocycles. The van der Waals surface area contributed by atoms with Gasteiger partial charge in [0.15, 0.2) is 0 Å². The van der Waals surface area contributed by atoms with Crippen LogP contribution in [0.4, 0.5) is 8.78 Å². The predicted octanol–water partition coefficient (Wildman–Crippen LogP) is 4.08. The summed E-state index contributed by atoms with van der Waals surface area (Å²) in [5.41, 5.74) is 10.1. The lowest BCUT2D eigenvalue weighted by Gasteiger charge is -2.19. The van der Waals surface area contributed by atoms with Crippen LogP contribution >= 0.6 is 23.2 Å². The minimum atomic E-state index is -0.779. The fourth-order valence-electron chi connectivity index (χ4n) is 3.14. The van der Waals surface area contributed by atoms with E-state index in [1.165, 1.54) is 24.3 Å². The first-order valence-electron chi connectivity index (χ1n) is 8.90. The van der Waals surface area contributed by atoms with E-state index in [9.17, 15) is 8.78 Å². The Kier molecular flexibility index (Phi) is 6.10. The zero-order valence-corrected chi connectivity index (χ0v) is 17.8. The van der Waals surface area contributed by atoms with Gasteiger partial charge < -0.3 is 20.9 Å². The van der Waals surface area contributed by atoms with E-state index >= 15 is 0 Å². The molecule has 160 valence electrons. The summed E-state index contributed by atoms with van der Waals surface area (Å²) in [5, 5.41) is 0.932. The second-order valence-electron chi connectivity index (χ2n) is 7.27. The van der Waals surface area contributed by atoms with Crippen molar-refractivity contribution < 1.29 is 18.3 Å². The number of rotatable bonds is 2. The highest BCUT2D eigenvalue weighted by Crippen LogP contribution is 2.34. The lowest BCUT2D eigenvalue weighted by atomic mass is 9.94. The van der Waals surface area contributed by atoms with Gasteiger partial charge in [-0.3, -0.25) is 0 Å². The number of hydrogen-bond donors (Lipinski definition) is 2. The van der Waals surface area contributed by atoms with Crippen LogP contribution in [0.3, 0.4) is 0 Å². The van der Waals surface area contributed by atoms with Crippen molar-refractivity contribution in [3.8, 4) is 0 Å². The Morgan fingerprint density at radius 2 is 1.17 bits per heavy atom. The number of hydrogen-bond acceptors (Lipinski definition) is 6. The lowest BCUT2D eigenvalue weighted by Crippen LogP contribution is -2.22. The van der Waals surface area contributed by atoms with Crippen molar-refractivity contribution in [1.29, 1.82) is 0 Å². The third kappa shape index (κ3) is 4.60. The summed E-state index contributed by atoms with van der Waals surface area (Å²) in [4.78, 5) is 8.13. The van der Waals surface area contributed by atoms with Crippen molar-refractivity contribution >= 4 is 35.2 Å². The minimum absolute atomic E-state index is 0.0804. The summed E-state index contributed by atoms with van der Waals surface area (Å²) in [5.74, 6) is -0.715. The number of amidine groups is 2. The largest absolute Gasteiger partial charge is 0.462 e. The van der Waals surface area contributed by atoms with E-state index in [1.54, 1.807) is 26.0 Å². The summed E-state index contributed by atoms with van der Waals surface area (Å²) >= 11 is 11.6. The van der Waals surface area contributed by atoms with Crippen LogP contribution in [0, 0.1) is 11.6 Å². The number of nitrogens with zero attached hydrogens (tertiary/aromatic N) is 2. The average Bonchev–Trinajstić information content (AvgIpc) is 3.22. The van der Waals surface area contributed by atoms with Gasteiger partial charge in [-0.15, -0.1) is 0 Å². The monoisotopic (exact) mass is 456 g/mol. The van der Waals surface area contributed by atoms with Crippen LogP contribution in [-0.4, -0.2) is 25.3 Å². The maximum atomic E-state index is 13.6. The Hall–Kier alpha value is -2.58. The summed E-state index contributed by atoms with van der Waals surface area (Å²) in [7, 11) is 0. The van der Waals surface area contributed by atoms with Gasteiger partial charge in [0.1, 0.15) is 35.9 Å². The second-order valence-corrected chi connectivity index (χ2v) is 8.15. The molecule has 4 N–H and O–H groups in total. The van der Waals surface area contributed by atoms with Crippen molar-refractivity contribution in [3.63, 3.8) is 0 Å². The summed E-state index contributed by atoms with van der Waals surface area (Å²) in [6, 6.07) is 8.86. The summed E-state index contributed by atoms with van der Waals surface area (Å²) in [6.45, 7) is 3.97. The number of nitrogens with two attached hydrogens (primary N) is 2. The van der Waals surface area contributed by atoms with E-state index in [4.69, 9.17) is 44.1 Å². The molecule has 6 nitrogen and oxygen atoms in total. The van der Waals surface area contributed by atoms with E-state index in [-0.39, 0.29) is 36.9 Å². The lowest BCUT2D eigenvalue weighted by molar-refractivity contribution is 0.262. The molecule has 0 saturated heterocycles. The molecule has 0 aromatic heterocycles. The molecule has 2 unspecified atom stereocenters. The van der Waals surface area contributed by atoms with Crippen LogP contribution in [0.5, 0.6) is 0 Å². The first-order valence-corrected chi connectivity index (χ1v) is 9.65. The van der Waals surface area contributed by atoms with E-state index in [2.05, 4.69) is 9.98 Å². The van der Waals surface area contributed by atoms with Crippen molar-refractivity contribution in [3.05, 3.63) is 69.2 Å². The average molecular weight is 457 g/mol. The Morgan fingerprint density at radius 3 is 1.47 bits per heavy atom. The molecule has 2 aliphatic heterocycles. The number of halogens is 4. The van der Waals surface area contributed by atoms with Gasteiger partial charge in [-0.1, -0.05) is 23.2 Å². The zero-order valence-electron chi connectivity index (χ0n) is 16.3. The smallest absolute Gasteiger partial charge is 0.283 e. The fourth-order valence-corrected chi connectivity index (χ4v) is 3.49.